The van der Waals surface area contributed by atoms with E-state index in [0.717, 1.165) is 25.7 Å². The first kappa shape index (κ1) is 12.8. The maximum Gasteiger partial charge on any atom is 0.225 e. The van der Waals surface area contributed by atoms with Gasteiger partial charge in [0.1, 0.15) is 0 Å². The monoisotopic (exact) mass is 224 g/mol. The van der Waals surface area contributed by atoms with Crippen molar-refractivity contribution in [1.29, 1.82) is 0 Å². The predicted octanol–water partition coefficient (Wildman–Crippen LogP) is 2.77. The number of azide groups is 1. The third-order valence-electron chi connectivity index (χ3n) is 3.29. The van der Waals surface area contributed by atoms with E-state index in [0.29, 0.717) is 19.5 Å². The fourth-order valence-corrected chi connectivity index (χ4v) is 2.17. The van der Waals surface area contributed by atoms with Crippen LogP contribution in [0.15, 0.2) is 5.11 Å². The molecular formula is C11H20N4O. The summed E-state index contributed by atoms with van der Waals surface area (Å²) in [5, 5.41) is 6.36. The molecule has 5 heteroatoms. The third kappa shape index (κ3) is 3.74. The van der Waals surface area contributed by atoms with Crippen molar-refractivity contribution in [2.24, 2.45) is 10.5 Å². The summed E-state index contributed by atoms with van der Waals surface area (Å²) in [6.07, 6.45) is 6.27. The topological polar surface area (TPSA) is 77.9 Å². The van der Waals surface area contributed by atoms with Gasteiger partial charge in [-0.2, -0.15) is 0 Å². The van der Waals surface area contributed by atoms with Gasteiger partial charge >= 0.3 is 0 Å². The van der Waals surface area contributed by atoms with Gasteiger partial charge in [0.2, 0.25) is 5.91 Å². The first-order valence-corrected chi connectivity index (χ1v) is 5.98. The highest BCUT2D eigenvalue weighted by Gasteiger charge is 2.33. The second-order valence-corrected chi connectivity index (χ2v) is 4.69. The van der Waals surface area contributed by atoms with Crippen LogP contribution in [-0.4, -0.2) is 19.0 Å². The Morgan fingerprint density at radius 1 is 1.44 bits per heavy atom. The van der Waals surface area contributed by atoms with Gasteiger partial charge in [0.15, 0.2) is 0 Å². The lowest BCUT2D eigenvalue weighted by Gasteiger charge is -2.31. The average molecular weight is 224 g/mol. The van der Waals surface area contributed by atoms with Gasteiger partial charge in [0.25, 0.3) is 0 Å². The Kier molecular flexibility index (Phi) is 5.12. The van der Waals surface area contributed by atoms with E-state index in [2.05, 4.69) is 22.3 Å². The van der Waals surface area contributed by atoms with Crippen molar-refractivity contribution in [3.63, 3.8) is 0 Å². The van der Waals surface area contributed by atoms with Crippen LogP contribution in [0.2, 0.25) is 0 Å². The second kappa shape index (κ2) is 6.38. The van der Waals surface area contributed by atoms with Crippen molar-refractivity contribution in [2.75, 3.05) is 13.1 Å². The minimum Gasteiger partial charge on any atom is -0.356 e. The predicted molar refractivity (Wildman–Crippen MR) is 62.8 cm³/mol. The largest absolute Gasteiger partial charge is 0.356 e. The maximum absolute atomic E-state index is 11.9. The quantitative estimate of drug-likeness (QED) is 0.331. The SMILES string of the molecule is CC1(C(=O)NCCCN=[N+]=[N-])CCCCC1. The van der Waals surface area contributed by atoms with Crippen LogP contribution in [-0.2, 0) is 4.79 Å². The Bertz CT molecular complexity index is 278. The second-order valence-electron chi connectivity index (χ2n) is 4.69. The zero-order valence-corrected chi connectivity index (χ0v) is 9.91. The van der Waals surface area contributed by atoms with Crippen LogP contribution in [0.4, 0.5) is 0 Å². The van der Waals surface area contributed by atoms with Gasteiger partial charge in [0, 0.05) is 23.4 Å². The maximum atomic E-state index is 11.9. The smallest absolute Gasteiger partial charge is 0.225 e. The zero-order chi connectivity index (χ0) is 11.9. The molecule has 0 aromatic carbocycles. The number of hydrogen-bond acceptors (Lipinski definition) is 2. The van der Waals surface area contributed by atoms with Gasteiger partial charge in [-0.05, 0) is 24.8 Å². The molecule has 1 fully saturated rings. The molecule has 1 rings (SSSR count). The molecule has 1 N–H and O–H groups in total. The Balaban J connectivity index is 2.25. The molecule has 90 valence electrons. The fraction of sp³-hybridized carbons (Fsp3) is 0.909. The average Bonchev–Trinajstić information content (AvgIpc) is 2.29. The Labute approximate surface area is 96.2 Å². The van der Waals surface area contributed by atoms with Gasteiger partial charge < -0.3 is 5.32 Å². The summed E-state index contributed by atoms with van der Waals surface area (Å²) in [7, 11) is 0. The standard InChI is InChI=1S/C11H20N4O/c1-11(6-3-2-4-7-11)10(16)13-8-5-9-14-15-12/h2-9H2,1H3,(H,13,16). The minimum absolute atomic E-state index is 0.160. The first-order valence-electron chi connectivity index (χ1n) is 5.98. The normalized spacial score (nSPS) is 18.6. The van der Waals surface area contributed by atoms with Crippen LogP contribution < -0.4 is 5.32 Å². The summed E-state index contributed by atoms with van der Waals surface area (Å²) in [4.78, 5) is 14.6. The molecule has 0 atom stereocenters. The molecule has 0 aromatic heterocycles. The summed E-state index contributed by atoms with van der Waals surface area (Å²) in [6, 6.07) is 0. The van der Waals surface area contributed by atoms with Gasteiger partial charge in [-0.1, -0.05) is 31.3 Å². The lowest BCUT2D eigenvalue weighted by atomic mass is 9.75. The molecule has 0 spiro atoms. The lowest BCUT2D eigenvalue weighted by Crippen LogP contribution is -2.40. The van der Waals surface area contributed by atoms with E-state index in [9.17, 15) is 4.79 Å². The minimum atomic E-state index is -0.170. The molecule has 0 unspecified atom stereocenters. The Hall–Kier alpha value is -1.22. The van der Waals surface area contributed by atoms with E-state index in [1.54, 1.807) is 0 Å². The van der Waals surface area contributed by atoms with Crippen LogP contribution in [0, 0.1) is 5.41 Å². The fourth-order valence-electron chi connectivity index (χ4n) is 2.17. The molecule has 1 aliphatic rings. The molecule has 1 saturated carbocycles. The molecule has 5 nitrogen and oxygen atoms in total. The van der Waals surface area contributed by atoms with Crippen molar-refractivity contribution in [2.45, 2.75) is 45.4 Å². The van der Waals surface area contributed by atoms with E-state index < -0.39 is 0 Å². The van der Waals surface area contributed by atoms with Crippen LogP contribution in [0.25, 0.3) is 10.4 Å². The lowest BCUT2D eigenvalue weighted by molar-refractivity contribution is -0.131. The summed E-state index contributed by atoms with van der Waals surface area (Å²) < 4.78 is 0. The molecule has 16 heavy (non-hydrogen) atoms. The third-order valence-corrected chi connectivity index (χ3v) is 3.29. The Morgan fingerprint density at radius 3 is 2.75 bits per heavy atom. The molecule has 1 amide bonds. The van der Waals surface area contributed by atoms with Gasteiger partial charge in [-0.25, -0.2) is 0 Å². The molecule has 0 bridgehead atoms. The van der Waals surface area contributed by atoms with Gasteiger partial charge in [-0.15, -0.1) is 0 Å². The van der Waals surface area contributed by atoms with Crippen LogP contribution in [0.5, 0.6) is 0 Å². The highest BCUT2D eigenvalue weighted by molar-refractivity contribution is 5.82. The molecule has 0 heterocycles. The van der Waals surface area contributed by atoms with Gasteiger partial charge in [-0.3, -0.25) is 4.79 Å². The van der Waals surface area contributed by atoms with E-state index in [-0.39, 0.29) is 11.3 Å². The molecule has 0 radical (unpaired) electrons. The zero-order valence-electron chi connectivity index (χ0n) is 9.91. The molecular weight excluding hydrogens is 204 g/mol. The number of rotatable bonds is 5. The highest BCUT2D eigenvalue weighted by Crippen LogP contribution is 2.35. The van der Waals surface area contributed by atoms with Crippen molar-refractivity contribution in [3.05, 3.63) is 10.4 Å². The number of nitrogens with zero attached hydrogens (tertiary/aromatic N) is 3. The number of carbonyl (C=O) groups is 1. The van der Waals surface area contributed by atoms with E-state index in [1.807, 2.05) is 0 Å². The van der Waals surface area contributed by atoms with Crippen molar-refractivity contribution in [3.8, 4) is 0 Å². The van der Waals surface area contributed by atoms with Crippen LogP contribution in [0.3, 0.4) is 0 Å². The van der Waals surface area contributed by atoms with E-state index >= 15 is 0 Å². The summed E-state index contributed by atoms with van der Waals surface area (Å²) in [6.45, 7) is 3.11. The summed E-state index contributed by atoms with van der Waals surface area (Å²) >= 11 is 0. The summed E-state index contributed by atoms with van der Waals surface area (Å²) in [5.41, 5.74) is 7.92. The summed E-state index contributed by atoms with van der Waals surface area (Å²) in [5.74, 6) is 0.160. The molecule has 0 saturated heterocycles. The van der Waals surface area contributed by atoms with E-state index in [1.165, 1.54) is 6.42 Å². The molecule has 0 aromatic rings. The van der Waals surface area contributed by atoms with Crippen LogP contribution >= 0.6 is 0 Å². The van der Waals surface area contributed by atoms with Crippen molar-refractivity contribution >= 4 is 5.91 Å². The van der Waals surface area contributed by atoms with Crippen LogP contribution in [0.1, 0.15) is 45.4 Å². The van der Waals surface area contributed by atoms with Crippen molar-refractivity contribution in [1.82, 2.24) is 5.32 Å². The van der Waals surface area contributed by atoms with E-state index in [4.69, 9.17) is 5.53 Å². The number of hydrogen-bond donors (Lipinski definition) is 1. The highest BCUT2D eigenvalue weighted by atomic mass is 16.2. The molecule has 1 aliphatic carbocycles. The van der Waals surface area contributed by atoms with Gasteiger partial charge in [0.05, 0.1) is 0 Å². The number of nitrogens with one attached hydrogen (secondary N) is 1. The Morgan fingerprint density at radius 2 is 2.12 bits per heavy atom. The first-order chi connectivity index (χ1) is 7.69. The number of amides is 1. The van der Waals surface area contributed by atoms with Crippen molar-refractivity contribution < 1.29 is 4.79 Å². The number of carbonyl (C=O) groups excluding carboxylic acids is 1. The molecule has 0 aliphatic heterocycles.